The molecule has 1 fully saturated rings. The Labute approximate surface area is 224 Å². The van der Waals surface area contributed by atoms with E-state index in [2.05, 4.69) is 5.32 Å². The zero-order valence-corrected chi connectivity index (χ0v) is 22.7. The number of nitrogens with one attached hydrogen (secondary N) is 1. The van der Waals surface area contributed by atoms with E-state index in [0.717, 1.165) is 58.1 Å². The van der Waals surface area contributed by atoms with E-state index in [1.165, 1.54) is 11.0 Å². The second-order valence-corrected chi connectivity index (χ2v) is 10.7. The number of carbonyl (C=O) groups excluding carboxylic acids is 4. The number of ether oxygens (including phenoxy) is 1. The van der Waals surface area contributed by atoms with Crippen LogP contribution in [0.4, 0.5) is 10.5 Å². The molecule has 0 bridgehead atoms. The Kier molecular flexibility index (Phi) is 6.79. The van der Waals surface area contributed by atoms with E-state index in [9.17, 15) is 19.2 Å². The summed E-state index contributed by atoms with van der Waals surface area (Å²) in [6.45, 7) is 7.76. The van der Waals surface area contributed by atoms with Crippen molar-refractivity contribution in [2.24, 2.45) is 0 Å². The van der Waals surface area contributed by atoms with Crippen LogP contribution in [0.25, 0.3) is 11.1 Å². The SMILES string of the molecule is CCOC(=O)c1c(-n2c(C)cc(C=C3C(=O)NC(=O)N(c4cccc(C)c4)C3=O)c2C)sc2c1CCCC2. The van der Waals surface area contributed by atoms with Gasteiger partial charge in [0, 0.05) is 16.3 Å². The lowest BCUT2D eigenvalue weighted by atomic mass is 9.95. The number of nitrogens with zero attached hydrogens (tertiary/aromatic N) is 2. The van der Waals surface area contributed by atoms with Gasteiger partial charge in [0.2, 0.25) is 0 Å². The molecular weight excluding hydrogens is 502 g/mol. The number of barbiturate groups is 1. The summed E-state index contributed by atoms with van der Waals surface area (Å²) in [5, 5.41) is 3.08. The molecule has 1 aliphatic carbocycles. The molecule has 1 aromatic carbocycles. The molecule has 38 heavy (non-hydrogen) atoms. The van der Waals surface area contributed by atoms with Crippen LogP contribution in [0.2, 0.25) is 0 Å². The summed E-state index contributed by atoms with van der Waals surface area (Å²) < 4.78 is 7.43. The number of benzene rings is 1. The van der Waals surface area contributed by atoms with Crippen LogP contribution in [0.1, 0.15) is 63.1 Å². The second kappa shape index (κ2) is 10.1. The van der Waals surface area contributed by atoms with E-state index in [4.69, 9.17) is 4.74 Å². The Morgan fingerprint density at radius 1 is 1.11 bits per heavy atom. The van der Waals surface area contributed by atoms with Gasteiger partial charge in [0.05, 0.1) is 17.9 Å². The summed E-state index contributed by atoms with van der Waals surface area (Å²) in [5.41, 5.74) is 5.09. The number of carbonyl (C=O) groups is 4. The van der Waals surface area contributed by atoms with Crippen LogP contribution in [0.3, 0.4) is 0 Å². The van der Waals surface area contributed by atoms with Crippen molar-refractivity contribution in [3.05, 3.63) is 74.4 Å². The van der Waals surface area contributed by atoms with Crippen molar-refractivity contribution in [3.63, 3.8) is 0 Å². The average Bonchev–Trinajstić information content (AvgIpc) is 3.37. The summed E-state index contributed by atoms with van der Waals surface area (Å²) in [7, 11) is 0. The first-order valence-corrected chi connectivity index (χ1v) is 13.5. The first-order valence-electron chi connectivity index (χ1n) is 12.7. The number of hydrogen-bond acceptors (Lipinski definition) is 6. The molecule has 196 valence electrons. The lowest BCUT2D eigenvalue weighted by Crippen LogP contribution is -2.54. The molecule has 4 amide bonds. The maximum absolute atomic E-state index is 13.4. The summed E-state index contributed by atoms with van der Waals surface area (Å²) in [5.74, 6) is -1.76. The zero-order chi connectivity index (χ0) is 27.1. The van der Waals surface area contributed by atoms with Crippen LogP contribution in [-0.4, -0.2) is 35.0 Å². The van der Waals surface area contributed by atoms with Gasteiger partial charge in [0.15, 0.2) is 0 Å². The van der Waals surface area contributed by atoms with Gasteiger partial charge in [-0.05, 0) is 94.3 Å². The van der Waals surface area contributed by atoms with Crippen molar-refractivity contribution in [1.29, 1.82) is 0 Å². The topological polar surface area (TPSA) is 97.7 Å². The summed E-state index contributed by atoms with van der Waals surface area (Å²) in [6.07, 6.45) is 5.41. The summed E-state index contributed by atoms with van der Waals surface area (Å²) in [4.78, 5) is 54.0. The summed E-state index contributed by atoms with van der Waals surface area (Å²) in [6, 6.07) is 8.08. The largest absolute Gasteiger partial charge is 0.462 e. The lowest BCUT2D eigenvalue weighted by Gasteiger charge is -2.26. The molecule has 0 spiro atoms. The molecule has 1 N–H and O–H groups in total. The van der Waals surface area contributed by atoms with Gasteiger partial charge in [-0.1, -0.05) is 12.1 Å². The van der Waals surface area contributed by atoms with Gasteiger partial charge < -0.3 is 9.30 Å². The van der Waals surface area contributed by atoms with E-state index in [1.807, 2.05) is 37.5 Å². The quantitative estimate of drug-likeness (QED) is 0.278. The Morgan fingerprint density at radius 3 is 2.61 bits per heavy atom. The maximum Gasteiger partial charge on any atom is 0.341 e. The molecule has 0 atom stereocenters. The standard InChI is InChI=1S/C29H29N3O5S/c1-5-37-28(35)24-21-11-6-7-12-23(21)38-27(24)31-17(3)14-19(18(31)4)15-22-25(33)30-29(36)32(26(22)34)20-10-8-9-16(2)13-20/h8-10,13-15H,5-7,11-12H2,1-4H3,(H,30,33,36). The van der Waals surface area contributed by atoms with Crippen LogP contribution in [0.5, 0.6) is 0 Å². The van der Waals surface area contributed by atoms with Gasteiger partial charge in [0.1, 0.15) is 10.6 Å². The van der Waals surface area contributed by atoms with Gasteiger partial charge in [-0.15, -0.1) is 11.3 Å². The van der Waals surface area contributed by atoms with E-state index < -0.39 is 17.8 Å². The van der Waals surface area contributed by atoms with Crippen molar-refractivity contribution >= 4 is 46.9 Å². The molecule has 1 saturated heterocycles. The predicted molar refractivity (Wildman–Crippen MR) is 146 cm³/mol. The maximum atomic E-state index is 13.4. The van der Waals surface area contributed by atoms with Crippen molar-refractivity contribution in [2.45, 2.75) is 53.4 Å². The van der Waals surface area contributed by atoms with E-state index in [0.29, 0.717) is 16.8 Å². The van der Waals surface area contributed by atoms with Crippen molar-refractivity contribution in [2.75, 3.05) is 11.5 Å². The molecule has 9 heteroatoms. The number of imide groups is 2. The molecule has 1 aliphatic heterocycles. The van der Waals surface area contributed by atoms with E-state index in [-0.39, 0.29) is 18.1 Å². The number of aryl methyl sites for hydroxylation is 3. The highest BCUT2D eigenvalue weighted by molar-refractivity contribution is 7.15. The lowest BCUT2D eigenvalue weighted by molar-refractivity contribution is -0.122. The monoisotopic (exact) mass is 531 g/mol. The molecule has 0 radical (unpaired) electrons. The Bertz CT molecular complexity index is 1530. The number of anilines is 1. The first-order chi connectivity index (χ1) is 18.2. The van der Waals surface area contributed by atoms with E-state index in [1.54, 1.807) is 36.5 Å². The first kappa shape index (κ1) is 25.7. The Morgan fingerprint density at radius 2 is 1.87 bits per heavy atom. The number of hydrogen-bond donors (Lipinski definition) is 1. The molecule has 2 aromatic heterocycles. The number of aromatic nitrogens is 1. The van der Waals surface area contributed by atoms with Crippen LogP contribution in [0, 0.1) is 20.8 Å². The van der Waals surface area contributed by atoms with Crippen molar-refractivity contribution in [3.8, 4) is 5.00 Å². The fraction of sp³-hybridized carbons (Fsp3) is 0.310. The molecular formula is C29H29N3O5S. The fourth-order valence-corrected chi connectivity index (χ4v) is 6.67. The average molecular weight is 532 g/mol. The number of amides is 4. The molecule has 5 rings (SSSR count). The molecule has 2 aliphatic rings. The predicted octanol–water partition coefficient (Wildman–Crippen LogP) is 5.19. The minimum Gasteiger partial charge on any atom is -0.462 e. The third-order valence-corrected chi connectivity index (χ3v) is 8.24. The molecule has 0 unspecified atom stereocenters. The van der Waals surface area contributed by atoms with Crippen LogP contribution >= 0.6 is 11.3 Å². The molecule has 3 heterocycles. The zero-order valence-electron chi connectivity index (χ0n) is 21.8. The van der Waals surface area contributed by atoms with Gasteiger partial charge in [0.25, 0.3) is 11.8 Å². The molecule has 3 aromatic rings. The molecule has 8 nitrogen and oxygen atoms in total. The summed E-state index contributed by atoms with van der Waals surface area (Å²) >= 11 is 1.60. The van der Waals surface area contributed by atoms with Gasteiger partial charge in [-0.25, -0.2) is 14.5 Å². The number of esters is 1. The highest BCUT2D eigenvalue weighted by Gasteiger charge is 2.37. The van der Waals surface area contributed by atoms with Crippen LogP contribution in [0.15, 0.2) is 35.9 Å². The number of thiophene rings is 1. The van der Waals surface area contributed by atoms with Gasteiger partial charge in [-0.2, -0.15) is 0 Å². The highest BCUT2D eigenvalue weighted by atomic mass is 32.1. The van der Waals surface area contributed by atoms with Crippen molar-refractivity contribution < 1.29 is 23.9 Å². The van der Waals surface area contributed by atoms with Gasteiger partial charge >= 0.3 is 12.0 Å². The normalized spacial score (nSPS) is 16.6. The highest BCUT2D eigenvalue weighted by Crippen LogP contribution is 2.39. The minimum atomic E-state index is -0.781. The smallest absolute Gasteiger partial charge is 0.341 e. The number of fused-ring (bicyclic) bond motifs is 1. The van der Waals surface area contributed by atoms with Crippen LogP contribution in [-0.2, 0) is 27.2 Å². The Hall–Kier alpha value is -3.98. The van der Waals surface area contributed by atoms with E-state index >= 15 is 0 Å². The Balaban J connectivity index is 1.59. The molecule has 0 saturated carbocycles. The minimum absolute atomic E-state index is 0.137. The fourth-order valence-electron chi connectivity index (χ4n) is 5.18. The van der Waals surface area contributed by atoms with Gasteiger partial charge in [-0.3, -0.25) is 14.9 Å². The number of rotatable bonds is 5. The van der Waals surface area contributed by atoms with Crippen LogP contribution < -0.4 is 10.2 Å². The third kappa shape index (κ3) is 4.36. The second-order valence-electron chi connectivity index (χ2n) is 9.57. The third-order valence-electron chi connectivity index (χ3n) is 6.97. The van der Waals surface area contributed by atoms with Crippen molar-refractivity contribution in [1.82, 2.24) is 9.88 Å². The number of urea groups is 1.